The maximum atomic E-state index is 13.8. The number of ketones is 1. The molecule has 2 saturated heterocycles. The number of carbonyl (C=O) groups excluding carboxylic acids is 12. The Balaban J connectivity index is 0.000000495. The van der Waals surface area contributed by atoms with Gasteiger partial charge >= 0.3 is 12.1 Å². The predicted molar refractivity (Wildman–Crippen MR) is 413 cm³/mol. The number of carbonyl (C=O) groups is 12. The van der Waals surface area contributed by atoms with E-state index >= 15 is 0 Å². The molecule has 107 heavy (non-hydrogen) atoms. The van der Waals surface area contributed by atoms with Crippen LogP contribution in [0, 0.1) is 35.5 Å². The van der Waals surface area contributed by atoms with Crippen LogP contribution in [0.5, 0.6) is 0 Å². The molecule has 7 N–H and O–H groups in total. The van der Waals surface area contributed by atoms with Gasteiger partial charge in [0.25, 0.3) is 0 Å². The highest BCUT2D eigenvalue weighted by atomic mass is 32.2. The molecule has 592 valence electrons. The van der Waals surface area contributed by atoms with E-state index in [9.17, 15) is 57.5 Å². The number of benzene rings is 2. The van der Waals surface area contributed by atoms with Crippen molar-refractivity contribution in [3.05, 3.63) is 108 Å². The Morgan fingerprint density at radius 3 is 1.93 bits per heavy atom. The number of thioether (sulfide) groups is 1. The molecule has 0 aliphatic carbocycles. The second-order valence-corrected chi connectivity index (χ2v) is 30.4. The molecule has 0 bridgehead atoms. The summed E-state index contributed by atoms with van der Waals surface area (Å²) in [6.45, 7) is 28.2. The van der Waals surface area contributed by atoms with E-state index in [0.29, 0.717) is 30.6 Å². The minimum atomic E-state index is -0.922. The molecule has 2 aliphatic heterocycles. The zero-order valence-corrected chi connectivity index (χ0v) is 66.8. The number of Topliss-reactive ketones (excluding diaryl/α,β-unsaturated/α-hetero) is 1. The van der Waals surface area contributed by atoms with Crippen LogP contribution in [0.1, 0.15) is 150 Å². The van der Waals surface area contributed by atoms with E-state index in [1.54, 1.807) is 70.5 Å². The minimum Gasteiger partial charge on any atom is -0.445 e. The average Bonchev–Trinajstić information content (AvgIpc) is 1.78. The first-order chi connectivity index (χ1) is 50.7. The van der Waals surface area contributed by atoms with Crippen LogP contribution in [0.2, 0.25) is 0 Å². The van der Waals surface area contributed by atoms with Gasteiger partial charge < -0.3 is 71.0 Å². The van der Waals surface area contributed by atoms with Gasteiger partial charge in [0, 0.05) is 96.1 Å². The van der Waals surface area contributed by atoms with Crippen LogP contribution < -0.4 is 32.3 Å². The van der Waals surface area contributed by atoms with Gasteiger partial charge in [0.1, 0.15) is 17.7 Å². The highest BCUT2D eigenvalue weighted by Gasteiger charge is 2.43. The average molecular weight is 1530 g/mol. The van der Waals surface area contributed by atoms with Gasteiger partial charge in [0.2, 0.25) is 53.2 Å². The molecule has 0 radical (unpaired) electrons. The maximum absolute atomic E-state index is 13.8. The number of primary amides is 1. The van der Waals surface area contributed by atoms with Crippen molar-refractivity contribution >= 4 is 99.9 Å². The van der Waals surface area contributed by atoms with E-state index in [2.05, 4.69) is 58.6 Å². The first kappa shape index (κ1) is 90.7. The fourth-order valence-corrected chi connectivity index (χ4v) is 14.3. The van der Waals surface area contributed by atoms with Gasteiger partial charge in [-0.15, -0.1) is 11.3 Å². The van der Waals surface area contributed by atoms with E-state index in [0.717, 1.165) is 42.0 Å². The zero-order valence-electron chi connectivity index (χ0n) is 65.2. The lowest BCUT2D eigenvalue weighted by molar-refractivity contribution is -0.154. The summed E-state index contributed by atoms with van der Waals surface area (Å²) in [6, 6.07) is 13.4. The third-order valence-corrected chi connectivity index (χ3v) is 21.4. The fourth-order valence-electron chi connectivity index (χ4n) is 12.8. The number of likely N-dealkylation sites (tertiary alicyclic amines) is 1. The number of anilines is 1. The van der Waals surface area contributed by atoms with E-state index in [-0.39, 0.29) is 154 Å². The molecule has 28 nitrogen and oxygen atoms in total. The Labute approximate surface area is 640 Å². The van der Waals surface area contributed by atoms with Crippen molar-refractivity contribution in [3.8, 4) is 0 Å². The molecule has 2 aromatic carbocycles. The number of nitrogens with one attached hydrogen (secondary N) is 5. The molecule has 0 unspecified atom stereocenters. The van der Waals surface area contributed by atoms with Gasteiger partial charge in [-0.05, 0) is 98.1 Å². The molecule has 30 heteroatoms. The van der Waals surface area contributed by atoms with Crippen molar-refractivity contribution in [1.82, 2.24) is 55.7 Å². The number of urea groups is 1. The van der Waals surface area contributed by atoms with Gasteiger partial charge in [-0.1, -0.05) is 124 Å². The van der Waals surface area contributed by atoms with E-state index < -0.39 is 71.9 Å². The Kier molecular flexibility index (Phi) is 38.8. The number of ether oxygens (including phenoxy) is 3. The van der Waals surface area contributed by atoms with Crippen molar-refractivity contribution in [2.45, 2.75) is 189 Å². The molecular weight excluding hydrogens is 1410 g/mol. The summed E-state index contributed by atoms with van der Waals surface area (Å²) >= 11 is 2.69. The quantitative estimate of drug-likeness (QED) is 0.0233. The van der Waals surface area contributed by atoms with Gasteiger partial charge in [-0.3, -0.25) is 52.8 Å². The third kappa shape index (κ3) is 28.7. The number of nitrogens with two attached hydrogens (primary N) is 1. The molecule has 0 spiro atoms. The van der Waals surface area contributed by atoms with Gasteiger partial charge in [0.15, 0.2) is 5.78 Å². The number of rotatable bonds is 40. The van der Waals surface area contributed by atoms with Crippen LogP contribution in [0.3, 0.4) is 0 Å². The highest BCUT2D eigenvalue weighted by molar-refractivity contribution is 7.99. The van der Waals surface area contributed by atoms with Crippen molar-refractivity contribution in [1.29, 1.82) is 0 Å². The topological polar surface area (TPSA) is 351 Å². The fraction of sp³-hybridized carbons (Fsp3) is 0.597. The first-order valence-corrected chi connectivity index (χ1v) is 38.7. The maximum Gasteiger partial charge on any atom is 0.410 e. The number of hydrogen-bond donors (Lipinski definition) is 6. The summed E-state index contributed by atoms with van der Waals surface area (Å²) in [7, 11) is 6.50. The molecule has 11 atom stereocenters. The predicted octanol–water partition coefficient (Wildman–Crippen LogP) is 7.89. The molecule has 3 aromatic rings. The number of hydrogen-bond acceptors (Lipinski definition) is 18. The lowest BCUT2D eigenvalue weighted by Crippen LogP contribution is -2.59. The lowest BCUT2D eigenvalue weighted by Gasteiger charge is -2.41. The molecule has 1 aromatic heterocycles. The van der Waals surface area contributed by atoms with Crippen LogP contribution in [0.25, 0.3) is 0 Å². The number of likely N-dealkylation sites (N-methyl/N-ethyl adjacent to an activating group) is 2. The Hall–Kier alpha value is -8.74. The van der Waals surface area contributed by atoms with Crippen molar-refractivity contribution < 1.29 is 71.7 Å². The number of methoxy groups -OCH3 is 2. The van der Waals surface area contributed by atoms with E-state index in [1.807, 2.05) is 82.2 Å². The van der Waals surface area contributed by atoms with Crippen molar-refractivity contribution in [2.24, 2.45) is 41.2 Å². The van der Waals surface area contributed by atoms with Crippen molar-refractivity contribution in [3.63, 3.8) is 0 Å². The third-order valence-electron chi connectivity index (χ3n) is 19.5. The van der Waals surface area contributed by atoms with Gasteiger partial charge in [-0.2, -0.15) is 11.8 Å². The molecule has 2 fully saturated rings. The van der Waals surface area contributed by atoms with Crippen LogP contribution in [-0.4, -0.2) is 221 Å². The molecular formula is C77H117N13O15S2. The Morgan fingerprint density at radius 2 is 1.38 bits per heavy atom. The molecule has 2 aliphatic rings. The standard InChI is InChI=1S/C45H69N9O10S.C32H48N4O5S/c1-11-37(57)52-25-53(38(58)12-2)27-54(26-52)39(59)19-21-65-24-36(56)50-40(29(5)6)35(55)22-33(14-13-20-47-44(46)62)42(60)49-34-17-15-32(16-18-34)23-64-45(63)51(10)41(30(7)8)43(61)48-31(9)28(3)4;1-8-21(2)29(35(5)23(4)37)27(40-6)20-28(38)36-17-12-15-26(36)30(41-7)22(3)31(39)34-25(32-33-16-18-42-32)19-24-13-10-9-11-14-24/h11-12,15-18,28-31,33,40-41H,1-2,13-14,19-27H2,3-10H3,(H,48,61)(H,49,60)(H,50,56)(H3,46,47,62);9-11,13-14,16,18,21-22,25-27,29-30H,8,12,15,17,19-20H2,1-7H3,(H,34,39)/t31-,33-,40+,41+;21-,22+,25-,26-,27+,29-,30+/m10/s1. The number of nitrogens with zero attached hydrogens (tertiary/aromatic N) is 7. The van der Waals surface area contributed by atoms with E-state index in [1.165, 1.54) is 56.7 Å². The summed E-state index contributed by atoms with van der Waals surface area (Å²) in [4.78, 5) is 168. The van der Waals surface area contributed by atoms with Crippen LogP contribution in [-0.2, 0) is 75.2 Å². The molecule has 5 rings (SSSR count). The summed E-state index contributed by atoms with van der Waals surface area (Å²) < 4.78 is 17.3. The summed E-state index contributed by atoms with van der Waals surface area (Å²) in [5.74, 6) is -4.28. The van der Waals surface area contributed by atoms with E-state index in [4.69, 9.17) is 19.9 Å². The number of amides is 12. The van der Waals surface area contributed by atoms with Gasteiger partial charge in [-0.25, -0.2) is 14.6 Å². The van der Waals surface area contributed by atoms with Gasteiger partial charge in [0.05, 0.1) is 74.5 Å². The smallest absolute Gasteiger partial charge is 0.410 e. The highest BCUT2D eigenvalue weighted by Crippen LogP contribution is 2.31. The molecule has 3 heterocycles. The lowest BCUT2D eigenvalue weighted by atomic mass is 9.89. The van der Waals surface area contributed by atoms with Crippen LogP contribution >= 0.6 is 23.1 Å². The zero-order chi connectivity index (χ0) is 79.8. The second-order valence-electron chi connectivity index (χ2n) is 28.4. The SMILES string of the molecule is C=CC(=O)N1CN(C(=O)C=C)CN(C(=O)CCSCC(=O)N[C@H](C(=O)C[C@@H](CCCNC(N)=O)C(=O)Nc2ccc(COC(=O)N(C)[C@H](C(=O)N[C@H](C)C(C)C)C(C)C)cc2)C(C)C)C1.CC[C@H](C)[C@@H]([C@@H](CC(=O)N1CCC[C@H]1[C@H](OC)[C@@H](C)C(=O)N[C@@H](Cc1ccccc1)c1nccs1)OC)N(C)C(C)=O. The normalized spacial score (nSPS) is 16.4. The first-order valence-electron chi connectivity index (χ1n) is 36.7. The van der Waals surface area contributed by atoms with Crippen LogP contribution in [0.4, 0.5) is 15.3 Å². The number of thiazole rings is 1. The molecule has 12 amide bonds. The van der Waals surface area contributed by atoms with Crippen molar-refractivity contribution in [2.75, 3.05) is 78.2 Å². The second kappa shape index (κ2) is 45.8. The monoisotopic (exact) mass is 1530 g/mol. The molecule has 0 saturated carbocycles. The summed E-state index contributed by atoms with van der Waals surface area (Å²) in [6.07, 6.45) is 5.93. The summed E-state index contributed by atoms with van der Waals surface area (Å²) in [5, 5.41) is 17.0. The largest absolute Gasteiger partial charge is 0.445 e. The number of aromatic nitrogens is 1. The Bertz CT molecular complexity index is 3390. The Morgan fingerprint density at radius 1 is 0.748 bits per heavy atom. The van der Waals surface area contributed by atoms with Crippen LogP contribution in [0.15, 0.2) is 91.5 Å². The summed E-state index contributed by atoms with van der Waals surface area (Å²) in [5.41, 5.74) is 7.36. The minimum absolute atomic E-state index is 0.0152.